The van der Waals surface area contributed by atoms with E-state index in [0.717, 1.165) is 72.6 Å². The second kappa shape index (κ2) is 10.9. The number of amides is 2. The Bertz CT molecular complexity index is 1100. The summed E-state index contributed by atoms with van der Waals surface area (Å²) in [4.78, 5) is 35.2. The molecule has 2 amide bonds. The molecule has 0 atom stereocenters. The predicted molar refractivity (Wildman–Crippen MR) is 176 cm³/mol. The minimum atomic E-state index is -0.0551. The number of para-hydroxylation sites is 2. The normalized spacial score (nSPS) is 41.2. The van der Waals surface area contributed by atoms with Crippen molar-refractivity contribution < 1.29 is 9.59 Å². The van der Waals surface area contributed by atoms with Crippen LogP contribution in [0.5, 0.6) is 0 Å². The molecule has 10 fully saturated rings. The van der Waals surface area contributed by atoms with Crippen molar-refractivity contribution in [1.82, 2.24) is 0 Å². The van der Waals surface area contributed by atoms with Gasteiger partial charge in [0.25, 0.3) is 0 Å². The van der Waals surface area contributed by atoms with Crippen LogP contribution in [0.25, 0.3) is 0 Å². The average Bonchev–Trinajstić information content (AvgIpc) is 3.01. The molecule has 1 aromatic rings. The van der Waals surface area contributed by atoms with Gasteiger partial charge in [0.2, 0.25) is 11.8 Å². The highest BCUT2D eigenvalue weighted by Gasteiger charge is 2.59. The van der Waals surface area contributed by atoms with E-state index in [2.05, 4.69) is 34.1 Å². The van der Waals surface area contributed by atoms with Crippen LogP contribution in [-0.2, 0) is 9.59 Å². The van der Waals surface area contributed by atoms with Gasteiger partial charge in [-0.2, -0.15) is 0 Å². The Morgan fingerprint density at radius 1 is 0.477 bits per heavy atom. The molecule has 4 heteroatoms. The van der Waals surface area contributed by atoms with Gasteiger partial charge in [-0.05, 0) is 150 Å². The summed E-state index contributed by atoms with van der Waals surface area (Å²) in [6.07, 6.45) is 26.8. The Morgan fingerprint density at radius 3 is 1.07 bits per heavy atom. The van der Waals surface area contributed by atoms with E-state index < -0.39 is 0 Å². The number of hydrogen-bond acceptors (Lipinski definition) is 2. The Labute approximate surface area is 266 Å². The third-order valence-electron chi connectivity index (χ3n) is 14.7. The molecule has 0 aromatic heterocycles. The van der Waals surface area contributed by atoms with Crippen molar-refractivity contribution in [3.63, 3.8) is 0 Å². The molecule has 1 aromatic carbocycles. The highest BCUT2D eigenvalue weighted by molar-refractivity contribution is 6.05. The van der Waals surface area contributed by atoms with Gasteiger partial charge in [0.15, 0.2) is 0 Å². The smallest absolute Gasteiger partial charge is 0.230 e. The van der Waals surface area contributed by atoms with Crippen molar-refractivity contribution in [2.24, 2.45) is 47.3 Å². The fourth-order valence-corrected chi connectivity index (χ4v) is 13.8. The maximum Gasteiger partial charge on any atom is 0.230 e. The summed E-state index contributed by atoms with van der Waals surface area (Å²) >= 11 is 0. The van der Waals surface area contributed by atoms with Crippen LogP contribution < -0.4 is 9.80 Å². The second-order valence-corrected chi connectivity index (χ2v) is 17.8. The SMILES string of the molecule is O=C(C1CCCCC1)N(c1ccccc1N(C(=O)C1CCCCC1)C12CC3CC(CC(C3)C1)C2)C12CC3CC(CC(C3)C1)C2. The molecule has 238 valence electrons. The van der Waals surface area contributed by atoms with Gasteiger partial charge in [0.05, 0.1) is 11.4 Å². The highest BCUT2D eigenvalue weighted by Crippen LogP contribution is 2.62. The van der Waals surface area contributed by atoms with Crippen LogP contribution in [0, 0.1) is 47.3 Å². The lowest BCUT2D eigenvalue weighted by Crippen LogP contribution is -2.65. The molecule has 4 nitrogen and oxygen atoms in total. The van der Waals surface area contributed by atoms with Gasteiger partial charge in [-0.25, -0.2) is 0 Å². The summed E-state index contributed by atoms with van der Waals surface area (Å²) in [5.74, 6) is 5.77. The molecule has 0 N–H and O–H groups in total. The first-order valence-electron chi connectivity index (χ1n) is 19.3. The third kappa shape index (κ3) is 4.64. The number of benzene rings is 1. The molecule has 10 aliphatic carbocycles. The van der Waals surface area contributed by atoms with E-state index in [1.165, 1.54) is 116 Å². The van der Waals surface area contributed by atoms with E-state index in [4.69, 9.17) is 0 Å². The lowest BCUT2D eigenvalue weighted by molar-refractivity contribution is -0.128. The quantitative estimate of drug-likeness (QED) is 0.328. The molecule has 8 bridgehead atoms. The average molecular weight is 597 g/mol. The van der Waals surface area contributed by atoms with E-state index in [9.17, 15) is 0 Å². The van der Waals surface area contributed by atoms with Gasteiger partial charge in [0.1, 0.15) is 0 Å². The second-order valence-electron chi connectivity index (χ2n) is 17.8. The van der Waals surface area contributed by atoms with Crippen LogP contribution in [0.2, 0.25) is 0 Å². The Balaban J connectivity index is 1.18. The summed E-state index contributed by atoms with van der Waals surface area (Å²) in [6, 6.07) is 8.94. The molecule has 0 spiro atoms. The molecule has 0 radical (unpaired) electrons. The molecule has 11 rings (SSSR count). The fraction of sp³-hybridized carbons (Fsp3) is 0.800. The number of nitrogens with zero attached hydrogens (tertiary/aromatic N) is 2. The van der Waals surface area contributed by atoms with Crippen molar-refractivity contribution in [3.8, 4) is 0 Å². The number of hydrogen-bond donors (Lipinski definition) is 0. The standard InChI is InChI=1S/C40H56N2O2/c43-37(33-9-3-1-4-10-33)41(39-21-27-15-28(22-39)17-29(16-27)23-39)35-13-7-8-14-36(35)42(38(44)34-11-5-2-6-12-34)40-24-30-18-31(25-40)20-32(19-30)26-40/h7-8,13-14,27-34H,1-6,9-12,15-26H2. The summed E-state index contributed by atoms with van der Waals surface area (Å²) in [5.41, 5.74) is 2.12. The van der Waals surface area contributed by atoms with Crippen LogP contribution in [0.1, 0.15) is 141 Å². The summed E-state index contributed by atoms with van der Waals surface area (Å²) < 4.78 is 0. The monoisotopic (exact) mass is 596 g/mol. The van der Waals surface area contributed by atoms with E-state index in [-0.39, 0.29) is 22.9 Å². The molecule has 0 unspecified atom stereocenters. The first kappa shape index (κ1) is 28.4. The maximum atomic E-state index is 15.1. The van der Waals surface area contributed by atoms with Gasteiger partial charge < -0.3 is 9.80 Å². The molecular formula is C40H56N2O2. The zero-order valence-corrected chi connectivity index (χ0v) is 27.2. The van der Waals surface area contributed by atoms with Crippen LogP contribution in [0.4, 0.5) is 11.4 Å². The fourth-order valence-electron chi connectivity index (χ4n) is 13.8. The van der Waals surface area contributed by atoms with Crippen molar-refractivity contribution in [2.45, 2.75) is 152 Å². The first-order chi connectivity index (χ1) is 21.5. The molecule has 0 heterocycles. The lowest BCUT2D eigenvalue weighted by atomic mass is 9.52. The molecule has 10 aliphatic rings. The molecule has 0 saturated heterocycles. The zero-order chi connectivity index (χ0) is 29.5. The van der Waals surface area contributed by atoms with Gasteiger partial charge in [-0.1, -0.05) is 50.7 Å². The van der Waals surface area contributed by atoms with E-state index in [1.807, 2.05) is 0 Å². The first-order valence-corrected chi connectivity index (χ1v) is 19.3. The Morgan fingerprint density at radius 2 is 0.773 bits per heavy atom. The Kier molecular flexibility index (Phi) is 7.01. The van der Waals surface area contributed by atoms with Gasteiger partial charge in [0, 0.05) is 22.9 Å². The molecule has 44 heavy (non-hydrogen) atoms. The molecule has 10 saturated carbocycles. The van der Waals surface area contributed by atoms with Gasteiger partial charge >= 0.3 is 0 Å². The minimum absolute atomic E-state index is 0.0551. The van der Waals surface area contributed by atoms with Crippen LogP contribution >= 0.6 is 0 Å². The summed E-state index contributed by atoms with van der Waals surface area (Å²) in [5, 5.41) is 0. The number of rotatable bonds is 6. The molecule has 0 aliphatic heterocycles. The third-order valence-corrected chi connectivity index (χ3v) is 14.7. The van der Waals surface area contributed by atoms with E-state index in [0.29, 0.717) is 11.8 Å². The largest absolute Gasteiger partial charge is 0.304 e. The van der Waals surface area contributed by atoms with E-state index >= 15 is 9.59 Å². The van der Waals surface area contributed by atoms with Crippen molar-refractivity contribution >= 4 is 23.2 Å². The van der Waals surface area contributed by atoms with Crippen LogP contribution in [-0.4, -0.2) is 22.9 Å². The maximum absolute atomic E-state index is 15.1. The highest BCUT2D eigenvalue weighted by atomic mass is 16.2. The van der Waals surface area contributed by atoms with Gasteiger partial charge in [-0.15, -0.1) is 0 Å². The number of anilines is 2. The minimum Gasteiger partial charge on any atom is -0.304 e. The summed E-state index contributed by atoms with van der Waals surface area (Å²) in [6.45, 7) is 0. The topological polar surface area (TPSA) is 40.6 Å². The van der Waals surface area contributed by atoms with Crippen molar-refractivity contribution in [2.75, 3.05) is 9.80 Å². The van der Waals surface area contributed by atoms with Crippen molar-refractivity contribution in [1.29, 1.82) is 0 Å². The summed E-state index contributed by atoms with van der Waals surface area (Å²) in [7, 11) is 0. The lowest BCUT2D eigenvalue weighted by Gasteiger charge is -2.62. The molecular weight excluding hydrogens is 540 g/mol. The van der Waals surface area contributed by atoms with Gasteiger partial charge in [-0.3, -0.25) is 9.59 Å². The van der Waals surface area contributed by atoms with Crippen LogP contribution in [0.3, 0.4) is 0 Å². The van der Waals surface area contributed by atoms with E-state index in [1.54, 1.807) is 0 Å². The number of carbonyl (C=O) groups is 2. The predicted octanol–water partition coefficient (Wildman–Crippen LogP) is 9.45. The number of carbonyl (C=O) groups excluding carboxylic acids is 2. The van der Waals surface area contributed by atoms with Crippen LogP contribution in [0.15, 0.2) is 24.3 Å². The van der Waals surface area contributed by atoms with Crippen molar-refractivity contribution in [3.05, 3.63) is 24.3 Å². The zero-order valence-electron chi connectivity index (χ0n) is 27.2. The Hall–Kier alpha value is -1.84.